The highest BCUT2D eigenvalue weighted by atomic mass is 32.2. The monoisotopic (exact) mass is 518 g/mol. The summed E-state index contributed by atoms with van der Waals surface area (Å²) in [6, 6.07) is 24.3. The highest BCUT2D eigenvalue weighted by molar-refractivity contribution is 7.89. The summed E-state index contributed by atoms with van der Waals surface area (Å²) >= 11 is 1.72. The van der Waals surface area contributed by atoms with Crippen molar-refractivity contribution >= 4 is 38.0 Å². The van der Waals surface area contributed by atoms with Crippen molar-refractivity contribution in [2.75, 3.05) is 13.1 Å². The van der Waals surface area contributed by atoms with Gasteiger partial charge < -0.3 is 4.90 Å². The molecular weight excluding hydrogens is 488 g/mol. The van der Waals surface area contributed by atoms with E-state index in [2.05, 4.69) is 11.4 Å². The van der Waals surface area contributed by atoms with Gasteiger partial charge in [-0.25, -0.2) is 8.42 Å². The molecule has 0 saturated heterocycles. The van der Waals surface area contributed by atoms with Gasteiger partial charge in [0.05, 0.1) is 17.5 Å². The van der Waals surface area contributed by atoms with Crippen LogP contribution in [0.4, 0.5) is 0 Å². The third-order valence-electron chi connectivity index (χ3n) is 7.11. The fraction of sp³-hybridized carbons (Fsp3) is 0.276. The van der Waals surface area contributed by atoms with Gasteiger partial charge in [-0.15, -0.1) is 11.3 Å². The molecule has 7 heteroatoms. The molecule has 3 aromatic carbocycles. The largest absolute Gasteiger partial charge is 0.330 e. The lowest BCUT2D eigenvalue weighted by Crippen LogP contribution is -2.49. The van der Waals surface area contributed by atoms with Gasteiger partial charge in [0.1, 0.15) is 0 Å². The second kappa shape index (κ2) is 10.2. The zero-order valence-corrected chi connectivity index (χ0v) is 22.1. The molecule has 36 heavy (non-hydrogen) atoms. The van der Waals surface area contributed by atoms with Crippen LogP contribution in [0.2, 0.25) is 0 Å². The summed E-state index contributed by atoms with van der Waals surface area (Å²) in [4.78, 5) is 17.3. The maximum absolute atomic E-state index is 14.0. The van der Waals surface area contributed by atoms with Crippen molar-refractivity contribution in [2.24, 2.45) is 0 Å². The zero-order chi connectivity index (χ0) is 25.3. The van der Waals surface area contributed by atoms with Crippen LogP contribution >= 0.6 is 11.3 Å². The molecule has 0 bridgehead atoms. The molecule has 0 fully saturated rings. The molecular formula is C29H30N2O3S2. The summed E-state index contributed by atoms with van der Waals surface area (Å²) in [5, 5.41) is 3.60. The summed E-state index contributed by atoms with van der Waals surface area (Å²) in [6.07, 6.45) is 1.38. The van der Waals surface area contributed by atoms with Gasteiger partial charge in [0, 0.05) is 22.8 Å². The quantitative estimate of drug-likeness (QED) is 0.308. The van der Waals surface area contributed by atoms with Gasteiger partial charge in [-0.2, -0.15) is 4.31 Å². The zero-order valence-electron chi connectivity index (χ0n) is 20.5. The van der Waals surface area contributed by atoms with Gasteiger partial charge in [0.15, 0.2) is 0 Å². The van der Waals surface area contributed by atoms with Gasteiger partial charge in [-0.1, -0.05) is 73.7 Å². The molecule has 5 nitrogen and oxygen atoms in total. The third-order valence-corrected chi connectivity index (χ3v) is 10.1. The van der Waals surface area contributed by atoms with Gasteiger partial charge in [0.2, 0.25) is 15.9 Å². The lowest BCUT2D eigenvalue weighted by Gasteiger charge is -2.38. The lowest BCUT2D eigenvalue weighted by atomic mass is 9.93. The second-order valence-corrected chi connectivity index (χ2v) is 12.1. The molecule has 0 N–H and O–H groups in total. The fourth-order valence-electron chi connectivity index (χ4n) is 5.03. The summed E-state index contributed by atoms with van der Waals surface area (Å²) in [6.45, 7) is 4.20. The third kappa shape index (κ3) is 4.47. The Bertz CT molecular complexity index is 1480. The predicted octanol–water partition coefficient (Wildman–Crippen LogP) is 5.86. The fourth-order valence-corrected chi connectivity index (χ4v) is 7.81. The van der Waals surface area contributed by atoms with Crippen molar-refractivity contribution < 1.29 is 13.2 Å². The molecule has 0 aliphatic carbocycles. The van der Waals surface area contributed by atoms with E-state index >= 15 is 0 Å². The van der Waals surface area contributed by atoms with Gasteiger partial charge in [-0.05, 0) is 53.8 Å². The lowest BCUT2D eigenvalue weighted by molar-refractivity contribution is -0.133. The van der Waals surface area contributed by atoms with Crippen LogP contribution in [0.3, 0.4) is 0 Å². The number of thiophene rings is 1. The van der Waals surface area contributed by atoms with E-state index in [-0.39, 0.29) is 29.4 Å². The minimum absolute atomic E-state index is 0.176. The Morgan fingerprint density at radius 1 is 1.03 bits per heavy atom. The molecule has 5 rings (SSSR count). The number of hydrogen-bond donors (Lipinski definition) is 0. The van der Waals surface area contributed by atoms with Crippen LogP contribution in [-0.2, 0) is 21.2 Å². The number of sulfonamides is 1. The van der Waals surface area contributed by atoms with Crippen molar-refractivity contribution in [3.05, 3.63) is 100 Å². The normalized spacial score (nSPS) is 16.8. The van der Waals surface area contributed by atoms with Gasteiger partial charge in [-0.3, -0.25) is 4.79 Å². The number of amides is 1. The molecule has 1 aliphatic rings. The Morgan fingerprint density at radius 2 is 1.75 bits per heavy atom. The number of nitrogens with zero attached hydrogens (tertiary/aromatic N) is 2. The maximum Gasteiger partial charge on any atom is 0.244 e. The number of carbonyl (C=O) groups excluding carboxylic acids is 1. The number of hydrogen-bond acceptors (Lipinski definition) is 4. The first-order valence-corrected chi connectivity index (χ1v) is 14.6. The van der Waals surface area contributed by atoms with Crippen molar-refractivity contribution in [3.63, 3.8) is 0 Å². The number of rotatable bonds is 7. The van der Waals surface area contributed by atoms with Crippen LogP contribution in [-0.4, -0.2) is 42.7 Å². The minimum Gasteiger partial charge on any atom is -0.330 e. The molecule has 0 radical (unpaired) electrons. The van der Waals surface area contributed by atoms with E-state index in [0.29, 0.717) is 18.4 Å². The SMILES string of the molecule is CC[C@@H](C)N(CC(=O)N1CCc2sccc2[C@@H]1c1ccccc1)S(=O)(=O)c1cccc2ccccc12. The van der Waals surface area contributed by atoms with E-state index in [0.717, 1.165) is 22.9 Å². The molecule has 4 aromatic rings. The highest BCUT2D eigenvalue weighted by Crippen LogP contribution is 2.38. The smallest absolute Gasteiger partial charge is 0.244 e. The number of benzene rings is 3. The first-order valence-electron chi connectivity index (χ1n) is 12.3. The first kappa shape index (κ1) is 24.7. The molecule has 1 amide bonds. The van der Waals surface area contributed by atoms with Crippen molar-refractivity contribution in [1.82, 2.24) is 9.21 Å². The Kier molecular flexibility index (Phi) is 6.97. The van der Waals surface area contributed by atoms with E-state index in [1.165, 1.54) is 9.18 Å². The standard InChI is InChI=1S/C29H30N2O3S2/c1-3-21(2)31(36(33,34)27-15-9-13-22-10-7-8-14-24(22)27)20-28(32)30-18-16-26-25(17-19-35-26)29(30)23-11-5-4-6-12-23/h4-15,17,19,21,29H,3,16,18,20H2,1-2H3/t21-,29+/m1/s1. The minimum atomic E-state index is -3.92. The number of carbonyl (C=O) groups is 1. The molecule has 1 aliphatic heterocycles. The molecule has 0 unspecified atom stereocenters. The maximum atomic E-state index is 14.0. The first-order chi connectivity index (χ1) is 17.4. The van der Waals surface area contributed by atoms with E-state index in [9.17, 15) is 13.2 Å². The van der Waals surface area contributed by atoms with E-state index in [1.54, 1.807) is 23.5 Å². The summed E-state index contributed by atoms with van der Waals surface area (Å²) in [7, 11) is -3.92. The van der Waals surface area contributed by atoms with Crippen LogP contribution < -0.4 is 0 Å². The van der Waals surface area contributed by atoms with Crippen molar-refractivity contribution in [3.8, 4) is 0 Å². The highest BCUT2D eigenvalue weighted by Gasteiger charge is 2.37. The average molecular weight is 519 g/mol. The van der Waals surface area contributed by atoms with Gasteiger partial charge in [0.25, 0.3) is 0 Å². The van der Waals surface area contributed by atoms with Crippen molar-refractivity contribution in [2.45, 2.75) is 43.7 Å². The number of fused-ring (bicyclic) bond motifs is 2. The summed E-state index contributed by atoms with van der Waals surface area (Å²) in [5.41, 5.74) is 2.18. The van der Waals surface area contributed by atoms with Crippen LogP contribution in [0.5, 0.6) is 0 Å². The Morgan fingerprint density at radius 3 is 2.53 bits per heavy atom. The second-order valence-electron chi connectivity index (χ2n) is 9.23. The molecule has 0 spiro atoms. The molecule has 186 valence electrons. The van der Waals surface area contributed by atoms with Crippen molar-refractivity contribution in [1.29, 1.82) is 0 Å². The Labute approximate surface area is 217 Å². The van der Waals surface area contributed by atoms with E-state index < -0.39 is 10.0 Å². The van der Waals surface area contributed by atoms with Gasteiger partial charge >= 0.3 is 0 Å². The van der Waals surface area contributed by atoms with E-state index in [4.69, 9.17) is 0 Å². The Hall–Kier alpha value is -3.00. The van der Waals surface area contributed by atoms with Crippen LogP contribution in [0.1, 0.15) is 42.3 Å². The molecule has 2 heterocycles. The predicted molar refractivity (Wildman–Crippen MR) is 146 cm³/mol. The van der Waals surface area contributed by atoms with Crippen LogP contribution in [0.25, 0.3) is 10.8 Å². The van der Waals surface area contributed by atoms with E-state index in [1.807, 2.05) is 79.4 Å². The average Bonchev–Trinajstić information content (AvgIpc) is 3.39. The molecule has 2 atom stereocenters. The summed E-state index contributed by atoms with van der Waals surface area (Å²) < 4.78 is 29.5. The van der Waals surface area contributed by atoms with Crippen LogP contribution in [0, 0.1) is 0 Å². The molecule has 0 saturated carbocycles. The topological polar surface area (TPSA) is 57.7 Å². The Balaban J connectivity index is 1.52. The summed E-state index contributed by atoms with van der Waals surface area (Å²) in [5.74, 6) is -0.176. The molecule has 1 aromatic heterocycles. The van der Waals surface area contributed by atoms with Crippen LogP contribution in [0.15, 0.2) is 89.1 Å².